The highest BCUT2D eigenvalue weighted by atomic mass is 14.9. The van der Waals surface area contributed by atoms with E-state index in [0.29, 0.717) is 12.0 Å². The predicted octanol–water partition coefficient (Wildman–Crippen LogP) is 4.71. The Kier molecular flexibility index (Phi) is 5.54. The second-order valence-corrected chi connectivity index (χ2v) is 5.46. The maximum Gasteiger partial charge on any atom is 0.0702 e. The van der Waals surface area contributed by atoms with Gasteiger partial charge in [0, 0.05) is 17.6 Å². The largest absolute Gasteiger partial charge is 0.310 e. The van der Waals surface area contributed by atoms with Crippen LogP contribution in [0.4, 0.5) is 0 Å². The van der Waals surface area contributed by atoms with Gasteiger partial charge < -0.3 is 5.32 Å². The van der Waals surface area contributed by atoms with Gasteiger partial charge in [-0.15, -0.1) is 0 Å². The van der Waals surface area contributed by atoms with E-state index in [4.69, 9.17) is 0 Å². The minimum absolute atomic E-state index is 0.453. The van der Waals surface area contributed by atoms with Crippen molar-refractivity contribution in [1.29, 1.82) is 0 Å². The van der Waals surface area contributed by atoms with Crippen molar-refractivity contribution < 1.29 is 0 Å². The van der Waals surface area contributed by atoms with Gasteiger partial charge in [0.25, 0.3) is 0 Å². The molecule has 0 radical (unpaired) electrons. The highest BCUT2D eigenvalue weighted by Crippen LogP contribution is 2.29. The molecule has 108 valence electrons. The molecule has 0 saturated carbocycles. The Hall–Kier alpha value is -1.41. The van der Waals surface area contributed by atoms with E-state index >= 15 is 0 Å². The van der Waals surface area contributed by atoms with Crippen molar-refractivity contribution in [2.24, 2.45) is 5.92 Å². The van der Waals surface area contributed by atoms with Gasteiger partial charge in [0.2, 0.25) is 0 Å². The highest BCUT2D eigenvalue weighted by Gasteiger charge is 2.19. The zero-order valence-electron chi connectivity index (χ0n) is 12.9. The van der Waals surface area contributed by atoms with Crippen LogP contribution in [0.3, 0.4) is 0 Å². The Labute approximate surface area is 122 Å². The van der Waals surface area contributed by atoms with Crippen LogP contribution in [0.25, 0.3) is 10.9 Å². The summed E-state index contributed by atoms with van der Waals surface area (Å²) in [4.78, 5) is 4.41. The number of nitrogens with zero attached hydrogens (tertiary/aromatic N) is 1. The molecular formula is C18H26N2. The molecule has 0 bridgehead atoms. The van der Waals surface area contributed by atoms with Crippen LogP contribution in [0.5, 0.6) is 0 Å². The van der Waals surface area contributed by atoms with Gasteiger partial charge in [-0.2, -0.15) is 0 Å². The van der Waals surface area contributed by atoms with E-state index in [1.807, 2.05) is 12.3 Å². The van der Waals surface area contributed by atoms with Gasteiger partial charge in [-0.25, -0.2) is 0 Å². The third kappa shape index (κ3) is 3.37. The van der Waals surface area contributed by atoms with Gasteiger partial charge in [0.05, 0.1) is 5.52 Å². The zero-order chi connectivity index (χ0) is 14.4. The first-order chi connectivity index (χ1) is 9.80. The minimum atomic E-state index is 0.453. The summed E-state index contributed by atoms with van der Waals surface area (Å²) in [5, 5.41) is 4.97. The Morgan fingerprint density at radius 3 is 2.60 bits per heavy atom. The highest BCUT2D eigenvalue weighted by molar-refractivity contribution is 5.79. The second kappa shape index (κ2) is 7.39. The number of rotatable bonds is 7. The van der Waals surface area contributed by atoms with Crippen molar-refractivity contribution in [3.8, 4) is 0 Å². The van der Waals surface area contributed by atoms with Crippen molar-refractivity contribution >= 4 is 10.9 Å². The molecule has 2 nitrogen and oxygen atoms in total. The summed E-state index contributed by atoms with van der Waals surface area (Å²) in [7, 11) is 0. The summed E-state index contributed by atoms with van der Waals surface area (Å²) in [6, 6.07) is 11.3. The van der Waals surface area contributed by atoms with Crippen LogP contribution in [-0.4, -0.2) is 11.5 Å². The quantitative estimate of drug-likeness (QED) is 0.788. The van der Waals surface area contributed by atoms with Gasteiger partial charge in [-0.1, -0.05) is 45.7 Å². The third-order valence-electron chi connectivity index (χ3n) is 4.12. The lowest BCUT2D eigenvalue weighted by molar-refractivity contribution is 0.342. The first-order valence-electron chi connectivity index (χ1n) is 7.88. The zero-order valence-corrected chi connectivity index (χ0v) is 12.9. The first kappa shape index (κ1) is 15.0. The van der Waals surface area contributed by atoms with E-state index in [-0.39, 0.29) is 0 Å². The molecule has 2 heteroatoms. The molecular weight excluding hydrogens is 244 g/mol. The number of nitrogens with one attached hydrogen (secondary N) is 1. The summed E-state index contributed by atoms with van der Waals surface area (Å²) >= 11 is 0. The molecule has 1 heterocycles. The van der Waals surface area contributed by atoms with E-state index in [0.717, 1.165) is 12.1 Å². The van der Waals surface area contributed by atoms with Crippen LogP contribution >= 0.6 is 0 Å². The first-order valence-corrected chi connectivity index (χ1v) is 7.88. The average molecular weight is 270 g/mol. The van der Waals surface area contributed by atoms with E-state index in [9.17, 15) is 0 Å². The molecule has 1 aromatic carbocycles. The number of aromatic nitrogens is 1. The maximum absolute atomic E-state index is 4.41. The minimum Gasteiger partial charge on any atom is -0.310 e. The van der Waals surface area contributed by atoms with Gasteiger partial charge in [-0.3, -0.25) is 4.98 Å². The lowest BCUT2D eigenvalue weighted by Gasteiger charge is -2.27. The fourth-order valence-corrected chi connectivity index (χ4v) is 2.90. The number of pyridine rings is 1. The molecule has 0 aliphatic heterocycles. The molecule has 0 fully saturated rings. The van der Waals surface area contributed by atoms with Crippen molar-refractivity contribution in [1.82, 2.24) is 10.3 Å². The Morgan fingerprint density at radius 1 is 1.10 bits per heavy atom. The van der Waals surface area contributed by atoms with E-state index in [1.54, 1.807) is 0 Å². The van der Waals surface area contributed by atoms with Gasteiger partial charge >= 0.3 is 0 Å². The SMILES string of the molecule is CCCNC(c1ccc2ncccc2c1)C(CC)CC. The molecule has 0 aliphatic carbocycles. The van der Waals surface area contributed by atoms with Crippen LogP contribution in [0.1, 0.15) is 51.6 Å². The average Bonchev–Trinajstić information content (AvgIpc) is 2.51. The molecule has 0 aliphatic rings. The van der Waals surface area contributed by atoms with Crippen molar-refractivity contribution in [3.05, 3.63) is 42.1 Å². The summed E-state index contributed by atoms with van der Waals surface area (Å²) in [5.41, 5.74) is 2.47. The Morgan fingerprint density at radius 2 is 1.90 bits per heavy atom. The lowest BCUT2D eigenvalue weighted by atomic mass is 9.88. The third-order valence-corrected chi connectivity index (χ3v) is 4.12. The molecule has 1 atom stereocenters. The van der Waals surface area contributed by atoms with Crippen LogP contribution in [0, 0.1) is 5.92 Å². The fraction of sp³-hybridized carbons (Fsp3) is 0.500. The maximum atomic E-state index is 4.41. The standard InChI is InChI=1S/C18H26N2/c1-4-11-20-18(14(5-2)6-3)16-9-10-17-15(13-16)8-7-12-19-17/h7-10,12-14,18,20H,4-6,11H2,1-3H3. The predicted molar refractivity (Wildman–Crippen MR) is 86.8 cm³/mol. The van der Waals surface area contributed by atoms with Gasteiger partial charge in [0.1, 0.15) is 0 Å². The molecule has 0 spiro atoms. The van der Waals surface area contributed by atoms with E-state index in [1.165, 1.54) is 30.2 Å². The Bertz CT molecular complexity index is 532. The smallest absolute Gasteiger partial charge is 0.0702 e. The molecule has 0 amide bonds. The topological polar surface area (TPSA) is 24.9 Å². The lowest BCUT2D eigenvalue weighted by Crippen LogP contribution is -2.28. The number of hydrogen-bond donors (Lipinski definition) is 1. The van der Waals surface area contributed by atoms with Crippen LogP contribution in [-0.2, 0) is 0 Å². The summed E-state index contributed by atoms with van der Waals surface area (Å²) < 4.78 is 0. The molecule has 1 unspecified atom stereocenters. The van der Waals surface area contributed by atoms with Crippen molar-refractivity contribution in [2.45, 2.75) is 46.1 Å². The van der Waals surface area contributed by atoms with Gasteiger partial charge in [0.15, 0.2) is 0 Å². The van der Waals surface area contributed by atoms with Crippen LogP contribution in [0.2, 0.25) is 0 Å². The van der Waals surface area contributed by atoms with Gasteiger partial charge in [-0.05, 0) is 42.6 Å². The molecule has 1 aromatic heterocycles. The normalized spacial score (nSPS) is 13.0. The van der Waals surface area contributed by atoms with Crippen molar-refractivity contribution in [3.63, 3.8) is 0 Å². The Balaban J connectivity index is 2.33. The van der Waals surface area contributed by atoms with Crippen molar-refractivity contribution in [2.75, 3.05) is 6.54 Å². The summed E-state index contributed by atoms with van der Waals surface area (Å²) in [5.74, 6) is 0.690. The molecule has 1 N–H and O–H groups in total. The molecule has 2 aromatic rings. The number of benzene rings is 1. The van der Waals surface area contributed by atoms with E-state index in [2.05, 4.69) is 55.3 Å². The summed E-state index contributed by atoms with van der Waals surface area (Å²) in [6.45, 7) is 7.88. The molecule has 2 rings (SSSR count). The molecule has 20 heavy (non-hydrogen) atoms. The fourth-order valence-electron chi connectivity index (χ4n) is 2.90. The summed E-state index contributed by atoms with van der Waals surface area (Å²) in [6.07, 6.45) is 5.45. The van der Waals surface area contributed by atoms with E-state index < -0.39 is 0 Å². The number of fused-ring (bicyclic) bond motifs is 1. The van der Waals surface area contributed by atoms with Crippen LogP contribution < -0.4 is 5.32 Å². The number of hydrogen-bond acceptors (Lipinski definition) is 2. The molecule has 0 saturated heterocycles. The van der Waals surface area contributed by atoms with Crippen LogP contribution in [0.15, 0.2) is 36.5 Å². The monoisotopic (exact) mass is 270 g/mol. The second-order valence-electron chi connectivity index (χ2n) is 5.46.